The second-order valence-corrected chi connectivity index (χ2v) is 1.86. The van der Waals surface area contributed by atoms with Crippen LogP contribution in [0.3, 0.4) is 0 Å². The highest BCUT2D eigenvalue weighted by Crippen LogP contribution is 1.87. The van der Waals surface area contributed by atoms with Crippen molar-refractivity contribution in [2.75, 3.05) is 0 Å². The van der Waals surface area contributed by atoms with Crippen molar-refractivity contribution in [3.05, 3.63) is 24.3 Å². The van der Waals surface area contributed by atoms with Crippen LogP contribution in [0.25, 0.3) is 0 Å². The van der Waals surface area contributed by atoms with Gasteiger partial charge in [0.15, 0.2) is 0 Å². The Labute approximate surface area is 77.7 Å². The van der Waals surface area contributed by atoms with Crippen molar-refractivity contribution in [3.63, 3.8) is 0 Å². The van der Waals surface area contributed by atoms with Gasteiger partial charge in [-0.2, -0.15) is 0 Å². The minimum Gasteiger partial charge on any atom is -0.306 e. The Bertz CT molecular complexity index is 116. The second-order valence-electron chi connectivity index (χ2n) is 1.86. The molecule has 1 nitrogen and oxygen atoms in total. The lowest BCUT2D eigenvalue weighted by Crippen LogP contribution is -1.77. The van der Waals surface area contributed by atoms with Crippen molar-refractivity contribution in [2.24, 2.45) is 0 Å². The number of hydrogen-bond donors (Lipinski definition) is 1. The summed E-state index contributed by atoms with van der Waals surface area (Å²) in [6.45, 7) is 15.3. The molecule has 0 amide bonds. The van der Waals surface area contributed by atoms with Crippen LogP contribution in [0.2, 0.25) is 0 Å². The summed E-state index contributed by atoms with van der Waals surface area (Å²) >= 11 is 0. The molecule has 0 unspecified atom stereocenters. The number of nitrogens with one attached hydrogen (secondary N) is 1. The zero-order valence-electron chi connectivity index (χ0n) is 9.36. The molecule has 0 aliphatic carbocycles. The highest BCUT2D eigenvalue weighted by atomic mass is 14.4. The van der Waals surface area contributed by atoms with Crippen molar-refractivity contribution in [1.82, 2.24) is 0 Å². The van der Waals surface area contributed by atoms with Crippen LogP contribution in [-0.2, 0) is 0 Å². The van der Waals surface area contributed by atoms with Gasteiger partial charge in [-0.3, -0.25) is 0 Å². The highest BCUT2D eigenvalue weighted by molar-refractivity contribution is 5.90. The molecule has 0 atom stereocenters. The normalized spacial score (nSPS) is 7.50. The molecule has 0 aromatic rings. The fraction of sp³-hybridized carbons (Fsp3) is 0.545. The van der Waals surface area contributed by atoms with Crippen LogP contribution in [-0.4, -0.2) is 5.71 Å². The molecule has 12 heavy (non-hydrogen) atoms. The van der Waals surface area contributed by atoms with Crippen LogP contribution in [0.1, 0.15) is 41.5 Å². The first-order valence-electron chi connectivity index (χ1n) is 4.51. The van der Waals surface area contributed by atoms with Crippen LogP contribution >= 0.6 is 0 Å². The van der Waals surface area contributed by atoms with Crippen molar-refractivity contribution < 1.29 is 0 Å². The molecule has 0 radical (unpaired) electrons. The molecule has 0 aliphatic heterocycles. The Morgan fingerprint density at radius 3 is 1.42 bits per heavy atom. The molecule has 0 aromatic carbocycles. The molecule has 0 rings (SSSR count). The fourth-order valence-electron chi connectivity index (χ4n) is 0.267. The van der Waals surface area contributed by atoms with Crippen molar-refractivity contribution in [1.29, 1.82) is 5.41 Å². The van der Waals surface area contributed by atoms with Gasteiger partial charge in [-0.25, -0.2) is 0 Å². The summed E-state index contributed by atoms with van der Waals surface area (Å²) in [5.74, 6) is 0. The summed E-state index contributed by atoms with van der Waals surface area (Å²) < 4.78 is 0. The van der Waals surface area contributed by atoms with E-state index in [9.17, 15) is 0 Å². The molecule has 0 fully saturated rings. The van der Waals surface area contributed by atoms with Gasteiger partial charge in [0.25, 0.3) is 0 Å². The summed E-state index contributed by atoms with van der Waals surface area (Å²) in [6, 6.07) is 0. The third kappa shape index (κ3) is 35.3. The Morgan fingerprint density at radius 1 is 1.00 bits per heavy atom. The zero-order valence-corrected chi connectivity index (χ0v) is 9.36. The standard InChI is InChI=1S/C7H11N.2C2H6/c1-6(2)4-5-7(3)8;2*1-2/h4-5,8H,1H2,2-3H3;2*1-2H3/b5-4-,8-7?;;. The molecule has 0 heterocycles. The lowest BCUT2D eigenvalue weighted by Gasteiger charge is -1.82. The molecular formula is C11H23N. The molecular weight excluding hydrogens is 146 g/mol. The molecule has 0 aromatic heterocycles. The SMILES string of the molecule is C=C(C)/C=C\C(C)=N.CC.CC. The van der Waals surface area contributed by atoms with E-state index in [4.69, 9.17) is 5.41 Å². The first-order valence-corrected chi connectivity index (χ1v) is 4.51. The van der Waals surface area contributed by atoms with E-state index in [-0.39, 0.29) is 0 Å². The third-order valence-electron chi connectivity index (χ3n) is 0.618. The summed E-state index contributed by atoms with van der Waals surface area (Å²) in [4.78, 5) is 0. The largest absolute Gasteiger partial charge is 0.306 e. The van der Waals surface area contributed by atoms with Gasteiger partial charge in [0.2, 0.25) is 0 Å². The lowest BCUT2D eigenvalue weighted by atomic mass is 10.3. The molecule has 0 aliphatic rings. The van der Waals surface area contributed by atoms with Gasteiger partial charge in [0, 0.05) is 5.71 Å². The van der Waals surface area contributed by atoms with E-state index >= 15 is 0 Å². The van der Waals surface area contributed by atoms with Crippen LogP contribution in [0.15, 0.2) is 24.3 Å². The molecule has 0 spiro atoms. The van der Waals surface area contributed by atoms with E-state index in [0.717, 1.165) is 5.57 Å². The molecule has 72 valence electrons. The summed E-state index contributed by atoms with van der Waals surface area (Å²) in [5.41, 5.74) is 1.55. The zero-order chi connectivity index (χ0) is 10.6. The van der Waals surface area contributed by atoms with Crippen LogP contribution < -0.4 is 0 Å². The maximum atomic E-state index is 6.96. The monoisotopic (exact) mass is 169 g/mol. The Morgan fingerprint density at radius 2 is 1.33 bits per heavy atom. The average Bonchev–Trinajstić information content (AvgIpc) is 2.08. The van der Waals surface area contributed by atoms with E-state index in [1.165, 1.54) is 0 Å². The van der Waals surface area contributed by atoms with Gasteiger partial charge >= 0.3 is 0 Å². The highest BCUT2D eigenvalue weighted by Gasteiger charge is 1.74. The van der Waals surface area contributed by atoms with Gasteiger partial charge < -0.3 is 5.41 Å². The topological polar surface area (TPSA) is 23.9 Å². The summed E-state index contributed by atoms with van der Waals surface area (Å²) in [5, 5.41) is 6.96. The van der Waals surface area contributed by atoms with Crippen LogP contribution in [0.5, 0.6) is 0 Å². The van der Waals surface area contributed by atoms with E-state index in [1.54, 1.807) is 13.0 Å². The first-order chi connectivity index (χ1) is 5.63. The number of rotatable bonds is 2. The minimum atomic E-state index is 0.563. The van der Waals surface area contributed by atoms with E-state index in [0.29, 0.717) is 5.71 Å². The van der Waals surface area contributed by atoms with Gasteiger partial charge in [0.05, 0.1) is 0 Å². The van der Waals surface area contributed by atoms with E-state index < -0.39 is 0 Å². The Hall–Kier alpha value is -0.850. The lowest BCUT2D eigenvalue weighted by molar-refractivity contribution is 1.48. The van der Waals surface area contributed by atoms with E-state index in [1.807, 2.05) is 40.7 Å². The molecule has 1 N–H and O–H groups in total. The first kappa shape index (κ1) is 17.3. The van der Waals surface area contributed by atoms with Gasteiger partial charge in [-0.05, 0) is 19.9 Å². The third-order valence-corrected chi connectivity index (χ3v) is 0.618. The van der Waals surface area contributed by atoms with Crippen LogP contribution in [0, 0.1) is 5.41 Å². The maximum Gasteiger partial charge on any atom is 0.0283 e. The smallest absolute Gasteiger partial charge is 0.0283 e. The summed E-state index contributed by atoms with van der Waals surface area (Å²) in [7, 11) is 0. The molecule has 1 heteroatoms. The number of hydrogen-bond acceptors (Lipinski definition) is 1. The maximum absolute atomic E-state index is 6.96. The Balaban J connectivity index is -0.000000175. The predicted octanol–water partition coefficient (Wildman–Crippen LogP) is 4.21. The quantitative estimate of drug-likeness (QED) is 0.473. The fourth-order valence-corrected chi connectivity index (χ4v) is 0.267. The van der Waals surface area contributed by atoms with Gasteiger partial charge in [-0.1, -0.05) is 45.9 Å². The average molecular weight is 169 g/mol. The Kier molecular flexibility index (Phi) is 24.0. The second kappa shape index (κ2) is 16.6. The molecule has 0 saturated carbocycles. The van der Waals surface area contributed by atoms with Gasteiger partial charge in [-0.15, -0.1) is 0 Å². The molecule has 0 bridgehead atoms. The van der Waals surface area contributed by atoms with Crippen molar-refractivity contribution >= 4 is 5.71 Å². The van der Waals surface area contributed by atoms with Crippen molar-refractivity contribution in [2.45, 2.75) is 41.5 Å². The van der Waals surface area contributed by atoms with Crippen LogP contribution in [0.4, 0.5) is 0 Å². The number of allylic oxidation sites excluding steroid dienone is 3. The van der Waals surface area contributed by atoms with Crippen molar-refractivity contribution in [3.8, 4) is 0 Å². The minimum absolute atomic E-state index is 0.563. The van der Waals surface area contributed by atoms with E-state index in [2.05, 4.69) is 6.58 Å². The molecule has 0 saturated heterocycles. The predicted molar refractivity (Wildman–Crippen MR) is 60.1 cm³/mol. The van der Waals surface area contributed by atoms with Gasteiger partial charge in [0.1, 0.15) is 0 Å². The summed E-state index contributed by atoms with van der Waals surface area (Å²) in [6.07, 6.45) is 3.55.